The minimum Gasteiger partial charge on any atom is -0.369 e. The van der Waals surface area contributed by atoms with Gasteiger partial charge in [-0.2, -0.15) is 0 Å². The van der Waals surface area contributed by atoms with Gasteiger partial charge in [0.05, 0.1) is 11.0 Å². The van der Waals surface area contributed by atoms with E-state index in [1.54, 1.807) is 0 Å². The Bertz CT molecular complexity index is 579. The number of aryl methyl sites for hydroxylation is 1. The fourth-order valence-electron chi connectivity index (χ4n) is 3.00. The van der Waals surface area contributed by atoms with Gasteiger partial charge in [-0.05, 0) is 43.2 Å². The minimum absolute atomic E-state index is 0.500. The van der Waals surface area contributed by atoms with Gasteiger partial charge in [-0.25, -0.2) is 4.98 Å². The Hall–Kier alpha value is -1.51. The molecule has 0 unspecified atom stereocenters. The molecule has 1 aromatic carbocycles. The van der Waals surface area contributed by atoms with Crippen LogP contribution in [0.25, 0.3) is 11.0 Å². The maximum Gasteiger partial charge on any atom is 0.201 e. The number of aromatic nitrogens is 2. The zero-order valence-electron chi connectivity index (χ0n) is 11.2. The van der Waals surface area contributed by atoms with Crippen LogP contribution in [0.4, 0.5) is 5.95 Å². The average Bonchev–Trinajstić information content (AvgIpc) is 3.02. The van der Waals surface area contributed by atoms with E-state index in [4.69, 9.17) is 5.73 Å². The van der Waals surface area contributed by atoms with Gasteiger partial charge in [0.1, 0.15) is 0 Å². The molecule has 3 nitrogen and oxygen atoms in total. The van der Waals surface area contributed by atoms with Crippen molar-refractivity contribution in [2.75, 3.05) is 5.73 Å². The second-order valence-corrected chi connectivity index (χ2v) is 5.75. The van der Waals surface area contributed by atoms with E-state index in [0.29, 0.717) is 11.4 Å². The summed E-state index contributed by atoms with van der Waals surface area (Å²) in [5.74, 6) is 0.668. The summed E-state index contributed by atoms with van der Waals surface area (Å²) in [6.07, 6.45) is 5.24. The largest absolute Gasteiger partial charge is 0.369 e. The third-order valence-corrected chi connectivity index (χ3v) is 4.24. The monoisotopic (exact) mass is 243 g/mol. The number of hydrogen-bond donors (Lipinski definition) is 1. The standard InChI is InChI=1S/C15H21N3/c1-3-7-15(8-9-15)10-18-12-6-4-5-11(2)13(12)17-14(18)16/h4-6H,3,7-10H2,1-2H3,(H2,16,17). The summed E-state index contributed by atoms with van der Waals surface area (Å²) in [4.78, 5) is 4.53. The topological polar surface area (TPSA) is 43.8 Å². The molecular weight excluding hydrogens is 222 g/mol. The Morgan fingerprint density at radius 3 is 2.83 bits per heavy atom. The zero-order chi connectivity index (χ0) is 12.8. The van der Waals surface area contributed by atoms with E-state index in [1.807, 2.05) is 0 Å². The molecule has 1 aromatic heterocycles. The van der Waals surface area contributed by atoms with E-state index in [2.05, 4.69) is 41.6 Å². The van der Waals surface area contributed by atoms with Crippen LogP contribution in [0.15, 0.2) is 18.2 Å². The molecular formula is C15H21N3. The van der Waals surface area contributed by atoms with Crippen LogP contribution in [0.1, 0.15) is 38.2 Å². The number of hydrogen-bond acceptors (Lipinski definition) is 2. The summed E-state index contributed by atoms with van der Waals surface area (Å²) in [5.41, 5.74) is 10.1. The van der Waals surface area contributed by atoms with Crippen molar-refractivity contribution in [3.63, 3.8) is 0 Å². The predicted molar refractivity (Wildman–Crippen MR) is 75.5 cm³/mol. The molecule has 0 spiro atoms. The lowest BCUT2D eigenvalue weighted by Gasteiger charge is -2.16. The van der Waals surface area contributed by atoms with Crippen LogP contribution in [0, 0.1) is 12.3 Å². The fourth-order valence-corrected chi connectivity index (χ4v) is 3.00. The molecule has 3 rings (SSSR count). The molecule has 0 amide bonds. The summed E-state index contributed by atoms with van der Waals surface area (Å²) in [5, 5.41) is 0. The molecule has 1 aliphatic rings. The van der Waals surface area contributed by atoms with Gasteiger partial charge in [0.2, 0.25) is 5.95 Å². The quantitative estimate of drug-likeness (QED) is 0.893. The highest BCUT2D eigenvalue weighted by atomic mass is 15.2. The molecule has 1 saturated carbocycles. The molecule has 0 radical (unpaired) electrons. The van der Waals surface area contributed by atoms with Crippen LogP contribution >= 0.6 is 0 Å². The summed E-state index contributed by atoms with van der Waals surface area (Å²) in [6.45, 7) is 5.39. The van der Waals surface area contributed by atoms with Gasteiger partial charge in [0.15, 0.2) is 0 Å². The molecule has 18 heavy (non-hydrogen) atoms. The van der Waals surface area contributed by atoms with E-state index in [1.165, 1.54) is 36.8 Å². The number of nitrogens with two attached hydrogens (primary N) is 1. The van der Waals surface area contributed by atoms with Crippen molar-refractivity contribution in [3.05, 3.63) is 23.8 Å². The van der Waals surface area contributed by atoms with Crippen LogP contribution < -0.4 is 5.73 Å². The van der Waals surface area contributed by atoms with E-state index in [9.17, 15) is 0 Å². The van der Waals surface area contributed by atoms with Gasteiger partial charge in [0.25, 0.3) is 0 Å². The molecule has 1 heterocycles. The molecule has 2 aromatic rings. The SMILES string of the molecule is CCCC1(Cn2c(N)nc3c(C)cccc32)CC1. The highest BCUT2D eigenvalue weighted by Gasteiger charge is 2.42. The van der Waals surface area contributed by atoms with Gasteiger partial charge in [-0.3, -0.25) is 0 Å². The molecule has 2 N–H and O–H groups in total. The van der Waals surface area contributed by atoms with E-state index < -0.39 is 0 Å². The van der Waals surface area contributed by atoms with Crippen LogP contribution in [-0.2, 0) is 6.54 Å². The van der Waals surface area contributed by atoms with Gasteiger partial charge >= 0.3 is 0 Å². The van der Waals surface area contributed by atoms with Crippen molar-refractivity contribution in [1.29, 1.82) is 0 Å². The number of rotatable bonds is 4. The predicted octanol–water partition coefficient (Wildman–Crippen LogP) is 3.51. The number of para-hydroxylation sites is 1. The maximum absolute atomic E-state index is 6.11. The van der Waals surface area contributed by atoms with Crippen LogP contribution in [0.3, 0.4) is 0 Å². The van der Waals surface area contributed by atoms with Crippen molar-refractivity contribution in [2.24, 2.45) is 5.41 Å². The van der Waals surface area contributed by atoms with Crippen molar-refractivity contribution < 1.29 is 0 Å². The lowest BCUT2D eigenvalue weighted by atomic mass is 10.0. The number of nitrogens with zero attached hydrogens (tertiary/aromatic N) is 2. The lowest BCUT2D eigenvalue weighted by molar-refractivity contribution is 0.396. The average molecular weight is 243 g/mol. The van der Waals surface area contributed by atoms with Crippen LogP contribution in [-0.4, -0.2) is 9.55 Å². The van der Waals surface area contributed by atoms with Gasteiger partial charge < -0.3 is 10.3 Å². The summed E-state index contributed by atoms with van der Waals surface area (Å²) in [7, 11) is 0. The summed E-state index contributed by atoms with van der Waals surface area (Å²) < 4.78 is 2.21. The first kappa shape index (κ1) is 11.6. The maximum atomic E-state index is 6.11. The Morgan fingerprint density at radius 2 is 2.17 bits per heavy atom. The minimum atomic E-state index is 0.500. The third-order valence-electron chi connectivity index (χ3n) is 4.24. The Balaban J connectivity index is 2.02. The van der Waals surface area contributed by atoms with E-state index >= 15 is 0 Å². The fraction of sp³-hybridized carbons (Fsp3) is 0.533. The van der Waals surface area contributed by atoms with E-state index in [-0.39, 0.29) is 0 Å². The first-order chi connectivity index (χ1) is 8.65. The van der Waals surface area contributed by atoms with Crippen molar-refractivity contribution in [1.82, 2.24) is 9.55 Å². The number of imidazole rings is 1. The highest BCUT2D eigenvalue weighted by molar-refractivity contribution is 5.81. The first-order valence-corrected chi connectivity index (χ1v) is 6.86. The van der Waals surface area contributed by atoms with Crippen LogP contribution in [0.5, 0.6) is 0 Å². The number of benzene rings is 1. The van der Waals surface area contributed by atoms with Gasteiger partial charge in [0, 0.05) is 6.54 Å². The normalized spacial score (nSPS) is 17.2. The number of nitrogen functional groups attached to an aromatic ring is 1. The van der Waals surface area contributed by atoms with Crippen LogP contribution in [0.2, 0.25) is 0 Å². The van der Waals surface area contributed by atoms with E-state index in [0.717, 1.165) is 12.1 Å². The highest BCUT2D eigenvalue weighted by Crippen LogP contribution is 2.51. The number of anilines is 1. The second kappa shape index (κ2) is 4.01. The van der Waals surface area contributed by atoms with Gasteiger partial charge in [-0.1, -0.05) is 25.5 Å². The smallest absolute Gasteiger partial charge is 0.201 e. The molecule has 0 bridgehead atoms. The molecule has 0 saturated heterocycles. The second-order valence-electron chi connectivity index (χ2n) is 5.75. The Morgan fingerprint density at radius 1 is 1.39 bits per heavy atom. The van der Waals surface area contributed by atoms with Crippen molar-refractivity contribution >= 4 is 17.0 Å². The summed E-state index contributed by atoms with van der Waals surface area (Å²) >= 11 is 0. The third kappa shape index (κ3) is 1.78. The molecule has 1 aliphatic carbocycles. The van der Waals surface area contributed by atoms with Crippen molar-refractivity contribution in [3.8, 4) is 0 Å². The van der Waals surface area contributed by atoms with Gasteiger partial charge in [-0.15, -0.1) is 0 Å². The zero-order valence-corrected chi connectivity index (χ0v) is 11.2. The Kier molecular flexibility index (Phi) is 2.58. The molecule has 1 fully saturated rings. The molecule has 96 valence electrons. The first-order valence-electron chi connectivity index (χ1n) is 6.86. The molecule has 0 aliphatic heterocycles. The lowest BCUT2D eigenvalue weighted by Crippen LogP contribution is -2.13. The summed E-state index contributed by atoms with van der Waals surface area (Å²) in [6, 6.07) is 6.32. The Labute approximate surface area is 108 Å². The molecule has 3 heteroatoms. The number of fused-ring (bicyclic) bond motifs is 1. The van der Waals surface area contributed by atoms with Crippen molar-refractivity contribution in [2.45, 2.75) is 46.1 Å². The molecule has 0 atom stereocenters.